The molecule has 1 saturated heterocycles. The fraction of sp³-hybridized carbons (Fsp3) is 0.636. The van der Waals surface area contributed by atoms with Crippen molar-refractivity contribution in [1.82, 2.24) is 0 Å². The van der Waals surface area contributed by atoms with Gasteiger partial charge in [0.25, 0.3) is 0 Å². The van der Waals surface area contributed by atoms with Gasteiger partial charge in [-0.3, -0.25) is 0 Å². The van der Waals surface area contributed by atoms with Gasteiger partial charge in [0.15, 0.2) is 9.84 Å². The van der Waals surface area contributed by atoms with Crippen LogP contribution in [-0.4, -0.2) is 24.8 Å². The van der Waals surface area contributed by atoms with E-state index in [4.69, 9.17) is 11.6 Å². The van der Waals surface area contributed by atoms with Gasteiger partial charge in [0.05, 0.1) is 16.4 Å². The highest BCUT2D eigenvalue weighted by Gasteiger charge is 2.34. The zero-order valence-electron chi connectivity index (χ0n) is 8.93. The fourth-order valence-electron chi connectivity index (χ4n) is 2.15. The highest BCUT2D eigenvalue weighted by molar-refractivity contribution is 7.92. The van der Waals surface area contributed by atoms with Gasteiger partial charge < -0.3 is 0 Å². The lowest BCUT2D eigenvalue weighted by Gasteiger charge is -2.26. The monoisotopic (exact) mass is 278 g/mol. The topological polar surface area (TPSA) is 34.1 Å². The van der Waals surface area contributed by atoms with E-state index in [1.54, 1.807) is 11.3 Å². The fourth-order valence-corrected chi connectivity index (χ4v) is 5.59. The van der Waals surface area contributed by atoms with Crippen molar-refractivity contribution in [3.63, 3.8) is 0 Å². The highest BCUT2D eigenvalue weighted by atomic mass is 35.5. The molecule has 1 aromatic heterocycles. The van der Waals surface area contributed by atoms with Crippen LogP contribution in [-0.2, 0) is 16.3 Å². The van der Waals surface area contributed by atoms with Gasteiger partial charge >= 0.3 is 0 Å². The molecule has 1 aliphatic rings. The number of thiophene rings is 1. The third kappa shape index (κ3) is 2.79. The molecule has 0 N–H and O–H groups in total. The minimum Gasteiger partial charge on any atom is -0.228 e. The minimum atomic E-state index is -2.95. The van der Waals surface area contributed by atoms with Gasteiger partial charge in [0.1, 0.15) is 0 Å². The lowest BCUT2D eigenvalue weighted by molar-refractivity contribution is 0.529. The maximum absolute atomic E-state index is 11.9. The maximum Gasteiger partial charge on any atom is 0.154 e. The van der Waals surface area contributed by atoms with Crippen LogP contribution in [0.2, 0.25) is 0 Å². The number of alkyl halides is 1. The van der Waals surface area contributed by atoms with Crippen molar-refractivity contribution in [3.05, 3.63) is 22.4 Å². The molecule has 2 rings (SSSR count). The third-order valence-corrected chi connectivity index (χ3v) is 6.73. The summed E-state index contributed by atoms with van der Waals surface area (Å²) in [5, 5.41) is 3.40. The first-order chi connectivity index (χ1) is 7.59. The SMILES string of the molecule is O=S1(=O)CCCCC1C(Cl)Cc1ccsc1. The van der Waals surface area contributed by atoms with Crippen LogP contribution in [0, 0.1) is 0 Å². The largest absolute Gasteiger partial charge is 0.228 e. The van der Waals surface area contributed by atoms with Crippen LogP contribution in [0.4, 0.5) is 0 Å². The first kappa shape index (κ1) is 12.4. The predicted octanol–water partition coefficient (Wildman–Crippen LogP) is 2.87. The van der Waals surface area contributed by atoms with Crippen LogP contribution in [0.15, 0.2) is 16.8 Å². The molecule has 16 heavy (non-hydrogen) atoms. The normalized spacial score (nSPS) is 26.4. The van der Waals surface area contributed by atoms with Crippen molar-refractivity contribution in [2.24, 2.45) is 0 Å². The zero-order valence-corrected chi connectivity index (χ0v) is 11.3. The summed E-state index contributed by atoms with van der Waals surface area (Å²) in [4.78, 5) is 0. The van der Waals surface area contributed by atoms with E-state index >= 15 is 0 Å². The first-order valence-electron chi connectivity index (χ1n) is 5.46. The molecule has 0 aromatic carbocycles. The van der Waals surface area contributed by atoms with Crippen molar-refractivity contribution < 1.29 is 8.42 Å². The van der Waals surface area contributed by atoms with Crippen LogP contribution >= 0.6 is 22.9 Å². The van der Waals surface area contributed by atoms with Crippen LogP contribution < -0.4 is 0 Å². The van der Waals surface area contributed by atoms with E-state index < -0.39 is 9.84 Å². The quantitative estimate of drug-likeness (QED) is 0.797. The molecule has 2 heterocycles. The average molecular weight is 279 g/mol. The summed E-state index contributed by atoms with van der Waals surface area (Å²) < 4.78 is 23.7. The summed E-state index contributed by atoms with van der Waals surface area (Å²) in [6, 6.07) is 2.01. The summed E-state index contributed by atoms with van der Waals surface area (Å²) in [5.41, 5.74) is 1.14. The Bertz CT molecular complexity index is 425. The molecule has 1 aromatic rings. The van der Waals surface area contributed by atoms with Gasteiger partial charge in [-0.1, -0.05) is 6.42 Å². The number of hydrogen-bond acceptors (Lipinski definition) is 3. The Morgan fingerprint density at radius 2 is 2.31 bits per heavy atom. The third-order valence-electron chi connectivity index (χ3n) is 3.04. The van der Waals surface area contributed by atoms with Gasteiger partial charge in [-0.25, -0.2) is 8.42 Å². The molecule has 90 valence electrons. The standard InChI is InChI=1S/C11H15ClO2S2/c12-10(7-9-4-5-15-8-9)11-3-1-2-6-16(11,13)14/h4-5,8,10-11H,1-3,6-7H2. The molecule has 0 aliphatic carbocycles. The molecule has 0 spiro atoms. The molecule has 2 nitrogen and oxygen atoms in total. The van der Waals surface area contributed by atoms with Crippen molar-refractivity contribution in [2.75, 3.05) is 5.75 Å². The second-order valence-corrected chi connectivity index (χ2v) is 7.93. The molecule has 2 unspecified atom stereocenters. The molecule has 1 fully saturated rings. The molecular formula is C11H15ClO2S2. The summed E-state index contributed by atoms with van der Waals surface area (Å²) in [5.74, 6) is 0.310. The van der Waals surface area contributed by atoms with Gasteiger partial charge in [0.2, 0.25) is 0 Å². The molecule has 0 saturated carbocycles. The van der Waals surface area contributed by atoms with Crippen LogP contribution in [0.3, 0.4) is 0 Å². The Labute approximate surface area is 106 Å². The minimum absolute atomic E-state index is 0.278. The van der Waals surface area contributed by atoms with Crippen molar-refractivity contribution >= 4 is 32.8 Å². The van der Waals surface area contributed by atoms with Crippen LogP contribution in [0.25, 0.3) is 0 Å². The number of hydrogen-bond donors (Lipinski definition) is 0. The van der Waals surface area contributed by atoms with Gasteiger partial charge in [-0.2, -0.15) is 11.3 Å². The maximum atomic E-state index is 11.9. The van der Waals surface area contributed by atoms with Crippen molar-refractivity contribution in [2.45, 2.75) is 36.3 Å². The Morgan fingerprint density at radius 3 is 2.94 bits per heavy atom. The average Bonchev–Trinajstić information content (AvgIpc) is 2.69. The molecule has 0 radical (unpaired) electrons. The lowest BCUT2D eigenvalue weighted by atomic mass is 10.1. The van der Waals surface area contributed by atoms with Gasteiger partial charge in [-0.05, 0) is 41.7 Å². The second kappa shape index (κ2) is 5.07. The van der Waals surface area contributed by atoms with E-state index in [2.05, 4.69) is 0 Å². The van der Waals surface area contributed by atoms with Crippen molar-refractivity contribution in [3.8, 4) is 0 Å². The Balaban J connectivity index is 2.06. The van der Waals surface area contributed by atoms with Crippen LogP contribution in [0.1, 0.15) is 24.8 Å². The summed E-state index contributed by atoms with van der Waals surface area (Å²) in [6.45, 7) is 0. The molecule has 0 bridgehead atoms. The summed E-state index contributed by atoms with van der Waals surface area (Å²) in [6.07, 6.45) is 3.16. The molecule has 5 heteroatoms. The lowest BCUT2D eigenvalue weighted by Crippen LogP contribution is -2.36. The Morgan fingerprint density at radius 1 is 1.50 bits per heavy atom. The van der Waals surface area contributed by atoms with E-state index in [-0.39, 0.29) is 10.6 Å². The smallest absolute Gasteiger partial charge is 0.154 e. The molecular weight excluding hydrogens is 264 g/mol. The van der Waals surface area contributed by atoms with E-state index in [0.29, 0.717) is 12.2 Å². The van der Waals surface area contributed by atoms with E-state index in [1.165, 1.54) is 0 Å². The van der Waals surface area contributed by atoms with E-state index in [0.717, 1.165) is 24.8 Å². The van der Waals surface area contributed by atoms with Gasteiger partial charge in [0, 0.05) is 0 Å². The van der Waals surface area contributed by atoms with E-state index in [9.17, 15) is 8.42 Å². The summed E-state index contributed by atoms with van der Waals surface area (Å²) >= 11 is 7.88. The van der Waals surface area contributed by atoms with Crippen LogP contribution in [0.5, 0.6) is 0 Å². The van der Waals surface area contributed by atoms with Crippen molar-refractivity contribution in [1.29, 1.82) is 0 Å². The Hall–Kier alpha value is -0.0600. The Kier molecular flexibility index (Phi) is 3.93. The number of halogens is 1. The second-order valence-electron chi connectivity index (χ2n) is 4.25. The predicted molar refractivity (Wildman–Crippen MR) is 69.1 cm³/mol. The zero-order chi connectivity index (χ0) is 11.6. The van der Waals surface area contributed by atoms with E-state index in [1.807, 2.05) is 16.8 Å². The number of rotatable bonds is 3. The molecule has 0 amide bonds. The van der Waals surface area contributed by atoms with Gasteiger partial charge in [-0.15, -0.1) is 11.6 Å². The first-order valence-corrected chi connectivity index (χ1v) is 8.56. The highest BCUT2D eigenvalue weighted by Crippen LogP contribution is 2.27. The molecule has 2 atom stereocenters. The number of sulfone groups is 1. The molecule has 1 aliphatic heterocycles. The summed E-state index contributed by atoms with van der Waals surface area (Å²) in [7, 11) is -2.95.